The SMILES string of the molecule is COc1cc(C2CCOCC2)ccc1B(O)O. The molecule has 0 bridgehead atoms. The summed E-state index contributed by atoms with van der Waals surface area (Å²) in [6.45, 7) is 1.58. The van der Waals surface area contributed by atoms with Crippen molar-refractivity contribution in [2.24, 2.45) is 0 Å². The molecule has 5 heteroatoms. The number of benzene rings is 1. The van der Waals surface area contributed by atoms with Gasteiger partial charge in [0.25, 0.3) is 0 Å². The number of rotatable bonds is 3. The van der Waals surface area contributed by atoms with Gasteiger partial charge in [-0.3, -0.25) is 0 Å². The molecule has 0 aliphatic carbocycles. The minimum absolute atomic E-state index is 0.406. The molecule has 1 aromatic rings. The number of methoxy groups -OCH3 is 1. The van der Waals surface area contributed by atoms with Crippen LogP contribution in [0.4, 0.5) is 0 Å². The summed E-state index contributed by atoms with van der Waals surface area (Å²) < 4.78 is 10.5. The first-order valence-electron chi connectivity index (χ1n) is 5.84. The van der Waals surface area contributed by atoms with E-state index in [9.17, 15) is 10.0 Å². The monoisotopic (exact) mass is 236 g/mol. The number of hydrogen-bond donors (Lipinski definition) is 2. The quantitative estimate of drug-likeness (QED) is 0.739. The minimum atomic E-state index is -1.49. The normalized spacial score (nSPS) is 16.9. The molecule has 0 radical (unpaired) electrons. The molecule has 4 nitrogen and oxygen atoms in total. The molecule has 2 rings (SSSR count). The molecule has 2 N–H and O–H groups in total. The lowest BCUT2D eigenvalue weighted by atomic mass is 9.78. The molecule has 1 heterocycles. The van der Waals surface area contributed by atoms with Crippen molar-refractivity contribution in [3.05, 3.63) is 23.8 Å². The van der Waals surface area contributed by atoms with Gasteiger partial charge in [-0.25, -0.2) is 0 Å². The molecule has 92 valence electrons. The van der Waals surface area contributed by atoms with Gasteiger partial charge in [0.1, 0.15) is 5.75 Å². The fourth-order valence-corrected chi connectivity index (χ4v) is 2.23. The molecule has 0 unspecified atom stereocenters. The van der Waals surface area contributed by atoms with Crippen LogP contribution in [0.2, 0.25) is 0 Å². The molecule has 0 atom stereocenters. The largest absolute Gasteiger partial charge is 0.497 e. The van der Waals surface area contributed by atoms with E-state index < -0.39 is 7.12 Å². The number of hydrogen-bond acceptors (Lipinski definition) is 4. The van der Waals surface area contributed by atoms with Crippen LogP contribution < -0.4 is 10.2 Å². The Balaban J connectivity index is 2.24. The minimum Gasteiger partial charge on any atom is -0.497 e. The van der Waals surface area contributed by atoms with Crippen molar-refractivity contribution in [1.82, 2.24) is 0 Å². The predicted octanol–water partition coefficient (Wildman–Crippen LogP) is 0.269. The van der Waals surface area contributed by atoms with Crippen LogP contribution >= 0.6 is 0 Å². The lowest BCUT2D eigenvalue weighted by Crippen LogP contribution is -2.31. The van der Waals surface area contributed by atoms with Crippen LogP contribution in [-0.2, 0) is 4.74 Å². The van der Waals surface area contributed by atoms with Crippen LogP contribution in [-0.4, -0.2) is 37.5 Å². The van der Waals surface area contributed by atoms with Crippen LogP contribution in [0, 0.1) is 0 Å². The molecule has 17 heavy (non-hydrogen) atoms. The van der Waals surface area contributed by atoms with E-state index in [1.807, 2.05) is 12.1 Å². The molecule has 1 aromatic carbocycles. The van der Waals surface area contributed by atoms with E-state index >= 15 is 0 Å². The highest BCUT2D eigenvalue weighted by molar-refractivity contribution is 6.59. The van der Waals surface area contributed by atoms with Gasteiger partial charge in [0.15, 0.2) is 0 Å². The van der Waals surface area contributed by atoms with Gasteiger partial charge < -0.3 is 19.5 Å². The molecule has 1 fully saturated rings. The Bertz CT molecular complexity index is 375. The van der Waals surface area contributed by atoms with Crippen LogP contribution in [0.25, 0.3) is 0 Å². The highest BCUT2D eigenvalue weighted by Gasteiger charge is 2.21. The summed E-state index contributed by atoms with van der Waals surface area (Å²) in [5.41, 5.74) is 1.58. The molecule has 0 spiro atoms. The van der Waals surface area contributed by atoms with Crippen molar-refractivity contribution in [2.75, 3.05) is 20.3 Å². The van der Waals surface area contributed by atoms with Gasteiger partial charge in [0, 0.05) is 18.7 Å². The smallest absolute Gasteiger partial charge is 0.492 e. The highest BCUT2D eigenvalue weighted by atomic mass is 16.5. The molecule has 1 aliphatic heterocycles. The summed E-state index contributed by atoms with van der Waals surface area (Å²) in [7, 11) is 0.0447. The maximum atomic E-state index is 9.19. The van der Waals surface area contributed by atoms with Crippen LogP contribution in [0.15, 0.2) is 18.2 Å². The summed E-state index contributed by atoms with van der Waals surface area (Å²) in [6.07, 6.45) is 2.01. The maximum Gasteiger partial charge on any atom is 0.492 e. The third-order valence-electron chi connectivity index (χ3n) is 3.23. The Kier molecular flexibility index (Phi) is 4.04. The van der Waals surface area contributed by atoms with Gasteiger partial charge in [-0.05, 0) is 30.4 Å². The molecule has 1 aliphatic rings. The molecule has 0 aromatic heterocycles. The van der Waals surface area contributed by atoms with Gasteiger partial charge in [-0.2, -0.15) is 0 Å². The lowest BCUT2D eigenvalue weighted by molar-refractivity contribution is 0.0853. The van der Waals surface area contributed by atoms with Crippen molar-refractivity contribution in [1.29, 1.82) is 0 Å². The van der Waals surface area contributed by atoms with Crippen molar-refractivity contribution in [2.45, 2.75) is 18.8 Å². The lowest BCUT2D eigenvalue weighted by Gasteiger charge is -2.23. The molecule has 0 saturated carbocycles. The third-order valence-corrected chi connectivity index (χ3v) is 3.23. The van der Waals surface area contributed by atoms with Crippen molar-refractivity contribution in [3.8, 4) is 5.75 Å². The fraction of sp³-hybridized carbons (Fsp3) is 0.500. The first-order chi connectivity index (χ1) is 8.22. The van der Waals surface area contributed by atoms with E-state index in [-0.39, 0.29) is 0 Å². The van der Waals surface area contributed by atoms with Crippen molar-refractivity contribution in [3.63, 3.8) is 0 Å². The maximum absolute atomic E-state index is 9.19. The van der Waals surface area contributed by atoms with Gasteiger partial charge in [0.05, 0.1) is 7.11 Å². The molecular weight excluding hydrogens is 219 g/mol. The first kappa shape index (κ1) is 12.4. The Hall–Kier alpha value is -1.04. The van der Waals surface area contributed by atoms with E-state index in [0.717, 1.165) is 26.1 Å². The van der Waals surface area contributed by atoms with E-state index in [1.54, 1.807) is 6.07 Å². The van der Waals surface area contributed by atoms with E-state index in [2.05, 4.69) is 0 Å². The summed E-state index contributed by atoms with van der Waals surface area (Å²) >= 11 is 0. The average molecular weight is 236 g/mol. The second kappa shape index (κ2) is 5.53. The zero-order valence-electron chi connectivity index (χ0n) is 9.93. The topological polar surface area (TPSA) is 58.9 Å². The Morgan fingerprint density at radius 2 is 2.00 bits per heavy atom. The summed E-state index contributed by atoms with van der Waals surface area (Å²) in [5, 5.41) is 18.4. The van der Waals surface area contributed by atoms with Gasteiger partial charge in [-0.15, -0.1) is 0 Å². The van der Waals surface area contributed by atoms with Gasteiger partial charge in [0.2, 0.25) is 0 Å². The van der Waals surface area contributed by atoms with Gasteiger partial charge >= 0.3 is 7.12 Å². The fourth-order valence-electron chi connectivity index (χ4n) is 2.23. The van der Waals surface area contributed by atoms with Crippen molar-refractivity contribution < 1.29 is 19.5 Å². The average Bonchev–Trinajstić information content (AvgIpc) is 2.39. The van der Waals surface area contributed by atoms with E-state index in [1.165, 1.54) is 12.7 Å². The molecule has 0 amide bonds. The zero-order valence-corrected chi connectivity index (χ0v) is 9.93. The Morgan fingerprint density at radius 1 is 1.29 bits per heavy atom. The van der Waals surface area contributed by atoms with E-state index in [4.69, 9.17) is 9.47 Å². The summed E-state index contributed by atoms with van der Waals surface area (Å²) in [4.78, 5) is 0. The van der Waals surface area contributed by atoms with Crippen molar-refractivity contribution >= 4 is 12.6 Å². The predicted molar refractivity (Wildman–Crippen MR) is 65.6 cm³/mol. The highest BCUT2D eigenvalue weighted by Crippen LogP contribution is 2.28. The Labute approximate surface area is 101 Å². The first-order valence-corrected chi connectivity index (χ1v) is 5.84. The second-order valence-electron chi connectivity index (χ2n) is 4.26. The number of ether oxygens (including phenoxy) is 2. The summed E-state index contributed by atoms with van der Waals surface area (Å²) in [6, 6.07) is 5.55. The zero-order chi connectivity index (χ0) is 12.3. The third kappa shape index (κ3) is 2.80. The molecular formula is C12H17BO4. The second-order valence-corrected chi connectivity index (χ2v) is 4.26. The van der Waals surface area contributed by atoms with Gasteiger partial charge in [-0.1, -0.05) is 12.1 Å². The molecule has 1 saturated heterocycles. The van der Waals surface area contributed by atoms with E-state index in [0.29, 0.717) is 17.1 Å². The standard InChI is InChI=1S/C12H17BO4/c1-16-12-8-10(2-3-11(12)13(14)15)9-4-6-17-7-5-9/h2-3,8-9,14-15H,4-7H2,1H3. The van der Waals surface area contributed by atoms with Crippen LogP contribution in [0.1, 0.15) is 24.3 Å². The Morgan fingerprint density at radius 3 is 2.59 bits per heavy atom. The van der Waals surface area contributed by atoms with Crippen LogP contribution in [0.3, 0.4) is 0 Å². The summed E-state index contributed by atoms with van der Waals surface area (Å²) in [5.74, 6) is 1.01. The van der Waals surface area contributed by atoms with Crippen LogP contribution in [0.5, 0.6) is 5.75 Å².